The molecule has 3 nitrogen and oxygen atoms in total. The maximum atomic E-state index is 11.6. The third-order valence-electron chi connectivity index (χ3n) is 3.28. The van der Waals surface area contributed by atoms with Gasteiger partial charge in [-0.25, -0.2) is 0 Å². The normalized spacial score (nSPS) is 20.8. The predicted molar refractivity (Wildman–Crippen MR) is 71.7 cm³/mol. The average Bonchev–Trinajstić information content (AvgIpc) is 2.29. The summed E-state index contributed by atoms with van der Waals surface area (Å²) >= 11 is 0. The van der Waals surface area contributed by atoms with Crippen molar-refractivity contribution in [2.45, 2.75) is 52.2 Å². The number of aryl methyl sites for hydroxylation is 1. The van der Waals surface area contributed by atoms with Crippen LogP contribution in [0.25, 0.3) is 0 Å². The topological polar surface area (TPSA) is 38.3 Å². The fourth-order valence-electron chi connectivity index (χ4n) is 2.40. The van der Waals surface area contributed by atoms with Gasteiger partial charge in [0.1, 0.15) is 11.4 Å². The summed E-state index contributed by atoms with van der Waals surface area (Å²) in [5.74, 6) is 0.975. The van der Waals surface area contributed by atoms with E-state index in [1.807, 2.05) is 19.1 Å². The van der Waals surface area contributed by atoms with E-state index in [0.717, 1.165) is 17.7 Å². The Bertz CT molecular complexity index is 466. The Morgan fingerprint density at radius 2 is 2.22 bits per heavy atom. The van der Waals surface area contributed by atoms with Gasteiger partial charge in [-0.3, -0.25) is 4.79 Å². The van der Waals surface area contributed by atoms with E-state index >= 15 is 0 Å². The molecule has 1 aliphatic heterocycles. The second kappa shape index (κ2) is 4.63. The van der Waals surface area contributed by atoms with Crippen molar-refractivity contribution in [1.82, 2.24) is 5.32 Å². The Labute approximate surface area is 109 Å². The molecule has 0 aliphatic carbocycles. The number of benzene rings is 1. The van der Waals surface area contributed by atoms with Gasteiger partial charge in [0.15, 0.2) is 0 Å². The van der Waals surface area contributed by atoms with Crippen molar-refractivity contribution >= 4 is 5.91 Å². The first-order valence-electron chi connectivity index (χ1n) is 6.50. The van der Waals surface area contributed by atoms with Gasteiger partial charge in [-0.15, -0.1) is 0 Å². The molecule has 1 heterocycles. The van der Waals surface area contributed by atoms with Crippen LogP contribution >= 0.6 is 0 Å². The van der Waals surface area contributed by atoms with Gasteiger partial charge in [0.05, 0.1) is 6.04 Å². The van der Waals surface area contributed by atoms with E-state index in [1.165, 1.54) is 5.56 Å². The second-order valence-electron chi connectivity index (χ2n) is 5.58. The molecule has 0 spiro atoms. The second-order valence-corrected chi connectivity index (χ2v) is 5.58. The summed E-state index contributed by atoms with van der Waals surface area (Å²) in [6.45, 7) is 8.04. The molecule has 0 saturated carbocycles. The molecular weight excluding hydrogens is 226 g/mol. The van der Waals surface area contributed by atoms with Crippen LogP contribution in [0.2, 0.25) is 0 Å². The SMILES string of the molecule is CCC(=O)N[C@H]1CC(C)(C)Oc2ccc(C)cc21. The highest BCUT2D eigenvalue weighted by atomic mass is 16.5. The minimum atomic E-state index is -0.242. The summed E-state index contributed by atoms with van der Waals surface area (Å²) in [4.78, 5) is 11.6. The molecule has 1 aromatic carbocycles. The van der Waals surface area contributed by atoms with Crippen LogP contribution in [0.1, 0.15) is 50.8 Å². The lowest BCUT2D eigenvalue weighted by atomic mass is 9.89. The van der Waals surface area contributed by atoms with E-state index in [-0.39, 0.29) is 17.6 Å². The van der Waals surface area contributed by atoms with Crippen molar-refractivity contribution in [3.05, 3.63) is 29.3 Å². The number of carbonyl (C=O) groups is 1. The molecule has 0 radical (unpaired) electrons. The first-order valence-corrected chi connectivity index (χ1v) is 6.50. The number of nitrogens with one attached hydrogen (secondary N) is 1. The molecule has 0 saturated heterocycles. The van der Waals surface area contributed by atoms with E-state index in [9.17, 15) is 4.79 Å². The molecule has 2 rings (SSSR count). The largest absolute Gasteiger partial charge is 0.487 e. The highest BCUT2D eigenvalue weighted by Gasteiger charge is 2.34. The molecule has 0 aromatic heterocycles. The Hall–Kier alpha value is -1.51. The Kier molecular flexibility index (Phi) is 3.33. The van der Waals surface area contributed by atoms with E-state index in [1.54, 1.807) is 0 Å². The molecule has 1 N–H and O–H groups in total. The third kappa shape index (κ3) is 2.66. The van der Waals surface area contributed by atoms with Gasteiger partial charge in [0.2, 0.25) is 5.91 Å². The van der Waals surface area contributed by atoms with Crippen molar-refractivity contribution < 1.29 is 9.53 Å². The maximum absolute atomic E-state index is 11.6. The lowest BCUT2D eigenvalue weighted by Gasteiger charge is -2.38. The Balaban J connectivity index is 2.35. The molecule has 1 aliphatic rings. The van der Waals surface area contributed by atoms with Crippen LogP contribution < -0.4 is 10.1 Å². The van der Waals surface area contributed by atoms with E-state index in [2.05, 4.69) is 32.2 Å². The number of amides is 1. The predicted octanol–water partition coefficient (Wildman–Crippen LogP) is 3.12. The Morgan fingerprint density at radius 3 is 2.89 bits per heavy atom. The van der Waals surface area contributed by atoms with Crippen molar-refractivity contribution in [2.75, 3.05) is 0 Å². The van der Waals surface area contributed by atoms with Gasteiger partial charge in [0, 0.05) is 18.4 Å². The first-order chi connectivity index (χ1) is 8.41. The zero-order valence-corrected chi connectivity index (χ0v) is 11.5. The summed E-state index contributed by atoms with van der Waals surface area (Å²) in [5.41, 5.74) is 2.04. The molecule has 1 aromatic rings. The first kappa shape index (κ1) is 12.9. The lowest BCUT2D eigenvalue weighted by molar-refractivity contribution is -0.122. The van der Waals surface area contributed by atoms with Crippen LogP contribution in [0.4, 0.5) is 0 Å². The molecule has 0 bridgehead atoms. The van der Waals surface area contributed by atoms with E-state index < -0.39 is 0 Å². The van der Waals surface area contributed by atoms with Crippen LogP contribution in [0, 0.1) is 6.92 Å². The summed E-state index contributed by atoms with van der Waals surface area (Å²) in [5, 5.41) is 3.09. The minimum absolute atomic E-state index is 0.0519. The van der Waals surface area contributed by atoms with E-state index in [4.69, 9.17) is 4.74 Å². The molecule has 1 atom stereocenters. The fraction of sp³-hybridized carbons (Fsp3) is 0.533. The summed E-state index contributed by atoms with van der Waals surface area (Å²) in [7, 11) is 0. The average molecular weight is 247 g/mol. The van der Waals surface area contributed by atoms with Gasteiger partial charge in [0.25, 0.3) is 0 Å². The number of carbonyl (C=O) groups excluding carboxylic acids is 1. The third-order valence-corrected chi connectivity index (χ3v) is 3.28. The summed E-state index contributed by atoms with van der Waals surface area (Å²) in [6, 6.07) is 6.19. The van der Waals surface area contributed by atoms with Crippen molar-refractivity contribution in [3.8, 4) is 5.75 Å². The lowest BCUT2D eigenvalue weighted by Crippen LogP contribution is -2.41. The van der Waals surface area contributed by atoms with E-state index in [0.29, 0.717) is 6.42 Å². The summed E-state index contributed by atoms with van der Waals surface area (Å²) < 4.78 is 5.97. The van der Waals surface area contributed by atoms with Crippen LogP contribution in [0.3, 0.4) is 0 Å². The van der Waals surface area contributed by atoms with Crippen molar-refractivity contribution in [3.63, 3.8) is 0 Å². The highest BCUT2D eigenvalue weighted by Crippen LogP contribution is 2.39. The zero-order chi connectivity index (χ0) is 13.3. The number of rotatable bonds is 2. The molecule has 1 amide bonds. The summed E-state index contributed by atoms with van der Waals surface area (Å²) in [6.07, 6.45) is 1.31. The monoisotopic (exact) mass is 247 g/mol. The van der Waals surface area contributed by atoms with Crippen LogP contribution in [0.5, 0.6) is 5.75 Å². The number of fused-ring (bicyclic) bond motifs is 1. The van der Waals surface area contributed by atoms with Crippen LogP contribution in [-0.4, -0.2) is 11.5 Å². The maximum Gasteiger partial charge on any atom is 0.220 e. The molecule has 0 unspecified atom stereocenters. The number of ether oxygens (including phenoxy) is 1. The molecule has 3 heteroatoms. The molecule has 98 valence electrons. The highest BCUT2D eigenvalue weighted by molar-refractivity contribution is 5.76. The fourth-order valence-corrected chi connectivity index (χ4v) is 2.40. The smallest absolute Gasteiger partial charge is 0.220 e. The van der Waals surface area contributed by atoms with Crippen molar-refractivity contribution in [2.24, 2.45) is 0 Å². The van der Waals surface area contributed by atoms with Gasteiger partial charge < -0.3 is 10.1 Å². The standard InChI is InChI=1S/C15H21NO2/c1-5-14(17)16-12-9-15(3,4)18-13-7-6-10(2)8-11(12)13/h6-8,12H,5,9H2,1-4H3,(H,16,17)/t12-/m0/s1. The molecule has 18 heavy (non-hydrogen) atoms. The number of hydrogen-bond donors (Lipinski definition) is 1. The van der Waals surface area contributed by atoms with Gasteiger partial charge in [-0.05, 0) is 26.8 Å². The number of hydrogen-bond acceptors (Lipinski definition) is 2. The van der Waals surface area contributed by atoms with Gasteiger partial charge >= 0.3 is 0 Å². The van der Waals surface area contributed by atoms with Crippen LogP contribution in [0.15, 0.2) is 18.2 Å². The van der Waals surface area contributed by atoms with Gasteiger partial charge in [-0.1, -0.05) is 24.6 Å². The Morgan fingerprint density at radius 1 is 1.50 bits per heavy atom. The molecule has 0 fully saturated rings. The minimum Gasteiger partial charge on any atom is -0.487 e. The quantitative estimate of drug-likeness (QED) is 0.872. The van der Waals surface area contributed by atoms with Crippen molar-refractivity contribution in [1.29, 1.82) is 0 Å². The van der Waals surface area contributed by atoms with Crippen LogP contribution in [-0.2, 0) is 4.79 Å². The van der Waals surface area contributed by atoms with Gasteiger partial charge in [-0.2, -0.15) is 0 Å². The molecular formula is C15H21NO2. The zero-order valence-electron chi connectivity index (χ0n) is 11.5.